The second-order valence-electron chi connectivity index (χ2n) is 10.6. The Morgan fingerprint density at radius 1 is 0.923 bits per heavy atom. The number of allylic oxidation sites excluding steroid dienone is 1. The summed E-state index contributed by atoms with van der Waals surface area (Å²) in [5.74, 6) is 2.11. The van der Waals surface area contributed by atoms with Crippen molar-refractivity contribution in [3.8, 4) is 0 Å². The topological polar surface area (TPSA) is 35.5 Å². The van der Waals surface area contributed by atoms with E-state index >= 15 is 0 Å². The van der Waals surface area contributed by atoms with Gasteiger partial charge in [-0.3, -0.25) is 4.79 Å². The number of carbonyl (C=O) groups is 1. The van der Waals surface area contributed by atoms with Gasteiger partial charge in [0.1, 0.15) is 5.78 Å². The van der Waals surface area contributed by atoms with E-state index < -0.39 is 5.79 Å². The molecule has 0 unspecified atom stereocenters. The number of fused-ring (bicyclic) bond motifs is 5. The molecule has 0 aromatic heterocycles. The maximum Gasteiger partial charge on any atom is 0.177 e. The molecule has 1 saturated heterocycles. The summed E-state index contributed by atoms with van der Waals surface area (Å²) >= 11 is 0. The van der Waals surface area contributed by atoms with Crippen LogP contribution < -0.4 is 0 Å². The number of hydrogen-bond donors (Lipinski definition) is 0. The first-order valence-corrected chi connectivity index (χ1v) is 10.8. The predicted octanol–water partition coefficient (Wildman–Crippen LogP) is 4.90. The van der Waals surface area contributed by atoms with E-state index in [1.54, 1.807) is 5.57 Å². The quantitative estimate of drug-likeness (QED) is 0.578. The third kappa shape index (κ3) is 1.90. The normalized spacial score (nSPS) is 48.7. The van der Waals surface area contributed by atoms with E-state index in [1.165, 1.54) is 6.42 Å². The third-order valence-corrected chi connectivity index (χ3v) is 9.53. The molecular formula is C23H34O3. The molecule has 5 rings (SSSR count). The Hall–Kier alpha value is -0.670. The number of rotatable bonds is 0. The Bertz CT molecular complexity index is 671. The molecule has 4 aliphatic carbocycles. The lowest BCUT2D eigenvalue weighted by atomic mass is 9.44. The van der Waals surface area contributed by atoms with Crippen molar-refractivity contribution in [1.29, 1.82) is 0 Å². The molecule has 5 aliphatic rings. The maximum atomic E-state index is 12.6. The Morgan fingerprint density at radius 3 is 2.35 bits per heavy atom. The largest absolute Gasteiger partial charge is 0.347 e. The van der Waals surface area contributed by atoms with Crippen molar-refractivity contribution in [2.45, 2.75) is 78.4 Å². The molecule has 26 heavy (non-hydrogen) atoms. The van der Waals surface area contributed by atoms with Crippen LogP contribution in [-0.2, 0) is 14.3 Å². The van der Waals surface area contributed by atoms with Gasteiger partial charge in [-0.2, -0.15) is 0 Å². The lowest BCUT2D eigenvalue weighted by Gasteiger charge is -2.62. The first-order valence-electron chi connectivity index (χ1n) is 10.8. The van der Waals surface area contributed by atoms with Crippen molar-refractivity contribution in [3.63, 3.8) is 0 Å². The van der Waals surface area contributed by atoms with Gasteiger partial charge in [-0.05, 0) is 55.3 Å². The highest BCUT2D eigenvalue weighted by Gasteiger charge is 2.65. The van der Waals surface area contributed by atoms with Gasteiger partial charge in [0.2, 0.25) is 0 Å². The molecule has 0 aromatic rings. The Labute approximate surface area is 157 Å². The van der Waals surface area contributed by atoms with Crippen molar-refractivity contribution >= 4 is 5.78 Å². The van der Waals surface area contributed by atoms with E-state index in [0.29, 0.717) is 23.5 Å². The Morgan fingerprint density at radius 2 is 1.62 bits per heavy atom. The van der Waals surface area contributed by atoms with Gasteiger partial charge in [0.15, 0.2) is 5.79 Å². The number of ether oxygens (including phenoxy) is 2. The molecule has 0 bridgehead atoms. The molecule has 1 heterocycles. The molecule has 4 fully saturated rings. The van der Waals surface area contributed by atoms with Crippen LogP contribution in [0.3, 0.4) is 0 Å². The van der Waals surface area contributed by atoms with Crippen molar-refractivity contribution in [2.24, 2.45) is 34.0 Å². The molecule has 5 atom stereocenters. The highest BCUT2D eigenvalue weighted by molar-refractivity contribution is 5.87. The van der Waals surface area contributed by atoms with Crippen LogP contribution in [0, 0.1) is 34.0 Å². The fourth-order valence-corrected chi connectivity index (χ4v) is 8.06. The fraction of sp³-hybridized carbons (Fsp3) is 0.870. The molecule has 0 aromatic carbocycles. The molecule has 1 spiro atoms. The highest BCUT2D eigenvalue weighted by Crippen LogP contribution is 2.68. The minimum atomic E-state index is -0.419. The van der Waals surface area contributed by atoms with Crippen LogP contribution in [0.15, 0.2) is 11.6 Å². The average Bonchev–Trinajstić information content (AvgIpc) is 3.19. The van der Waals surface area contributed by atoms with E-state index in [-0.39, 0.29) is 16.2 Å². The Kier molecular flexibility index (Phi) is 3.50. The zero-order chi connectivity index (χ0) is 18.4. The zero-order valence-corrected chi connectivity index (χ0v) is 16.9. The summed E-state index contributed by atoms with van der Waals surface area (Å²) in [6, 6.07) is 0. The van der Waals surface area contributed by atoms with Gasteiger partial charge in [0, 0.05) is 23.7 Å². The van der Waals surface area contributed by atoms with Gasteiger partial charge in [-0.15, -0.1) is 0 Å². The minimum Gasteiger partial charge on any atom is -0.347 e. The van der Waals surface area contributed by atoms with E-state index in [9.17, 15) is 4.79 Å². The van der Waals surface area contributed by atoms with Gasteiger partial charge in [0.05, 0.1) is 13.2 Å². The second-order valence-corrected chi connectivity index (χ2v) is 10.6. The summed E-state index contributed by atoms with van der Waals surface area (Å²) in [5.41, 5.74) is 1.70. The van der Waals surface area contributed by atoms with Crippen molar-refractivity contribution < 1.29 is 14.3 Å². The van der Waals surface area contributed by atoms with Crippen molar-refractivity contribution in [2.75, 3.05) is 13.2 Å². The summed E-state index contributed by atoms with van der Waals surface area (Å²) in [5, 5.41) is 0. The molecular weight excluding hydrogens is 324 g/mol. The lowest BCUT2D eigenvalue weighted by molar-refractivity contribution is -0.246. The number of Topliss-reactive ketones (excluding diaryl/α,β-unsaturated/α-hetero) is 1. The highest BCUT2D eigenvalue weighted by atomic mass is 16.7. The fourth-order valence-electron chi connectivity index (χ4n) is 8.06. The van der Waals surface area contributed by atoms with Crippen LogP contribution in [0.25, 0.3) is 0 Å². The van der Waals surface area contributed by atoms with Crippen LogP contribution in [0.1, 0.15) is 72.6 Å². The number of ketones is 1. The molecule has 3 saturated carbocycles. The Balaban J connectivity index is 1.54. The van der Waals surface area contributed by atoms with Gasteiger partial charge >= 0.3 is 0 Å². The van der Waals surface area contributed by atoms with Gasteiger partial charge in [-0.1, -0.05) is 39.3 Å². The van der Waals surface area contributed by atoms with Crippen LogP contribution in [0.5, 0.6) is 0 Å². The summed E-state index contributed by atoms with van der Waals surface area (Å²) in [4.78, 5) is 12.6. The molecule has 3 nitrogen and oxygen atoms in total. The van der Waals surface area contributed by atoms with E-state index in [0.717, 1.165) is 51.7 Å². The van der Waals surface area contributed by atoms with E-state index in [4.69, 9.17) is 9.47 Å². The summed E-state index contributed by atoms with van der Waals surface area (Å²) in [6.07, 6.45) is 10.1. The first kappa shape index (κ1) is 17.4. The molecule has 1 aliphatic heterocycles. The lowest BCUT2D eigenvalue weighted by Crippen LogP contribution is -2.59. The molecule has 0 N–H and O–H groups in total. The standard InChI is InChI=1S/C23H34O3/c1-20(2)18-7-5-15-16-6-8-19(24)22(16,4)10-9-17(15)21(18,3)11-12-23(20)25-13-14-26-23/h7,15-17H,5-6,8-14H2,1-4H3/t15-,16-,17-,21+,22-/m0/s1. The zero-order valence-electron chi connectivity index (χ0n) is 16.9. The van der Waals surface area contributed by atoms with E-state index in [2.05, 4.69) is 33.8 Å². The van der Waals surface area contributed by atoms with Gasteiger partial charge in [0.25, 0.3) is 0 Å². The summed E-state index contributed by atoms with van der Waals surface area (Å²) in [7, 11) is 0. The van der Waals surface area contributed by atoms with E-state index in [1.807, 2.05) is 0 Å². The van der Waals surface area contributed by atoms with Crippen LogP contribution in [-0.4, -0.2) is 24.8 Å². The number of carbonyl (C=O) groups excluding carboxylic acids is 1. The number of hydrogen-bond acceptors (Lipinski definition) is 3. The SMILES string of the molecule is CC1(C)C2=CC[C@@H]3[C@H](CC[C@]4(C)C(=O)CC[C@@H]34)[C@@]2(C)CCC12OCCO2. The first-order chi connectivity index (χ1) is 12.2. The summed E-state index contributed by atoms with van der Waals surface area (Å²) in [6.45, 7) is 10.9. The van der Waals surface area contributed by atoms with Gasteiger partial charge in [-0.25, -0.2) is 0 Å². The van der Waals surface area contributed by atoms with Gasteiger partial charge < -0.3 is 9.47 Å². The van der Waals surface area contributed by atoms with Crippen molar-refractivity contribution in [1.82, 2.24) is 0 Å². The van der Waals surface area contributed by atoms with Crippen molar-refractivity contribution in [3.05, 3.63) is 11.6 Å². The van der Waals surface area contributed by atoms with Crippen LogP contribution in [0.4, 0.5) is 0 Å². The third-order valence-electron chi connectivity index (χ3n) is 9.53. The average molecular weight is 359 g/mol. The monoisotopic (exact) mass is 358 g/mol. The summed E-state index contributed by atoms with van der Waals surface area (Å²) < 4.78 is 12.4. The molecule has 144 valence electrons. The maximum absolute atomic E-state index is 12.6. The van der Waals surface area contributed by atoms with Crippen LogP contribution >= 0.6 is 0 Å². The second kappa shape index (κ2) is 5.23. The molecule has 3 heteroatoms. The van der Waals surface area contributed by atoms with Crippen LogP contribution in [0.2, 0.25) is 0 Å². The smallest absolute Gasteiger partial charge is 0.177 e. The minimum absolute atomic E-state index is 0.0358. The molecule has 0 amide bonds. The predicted molar refractivity (Wildman–Crippen MR) is 101 cm³/mol. The molecule has 0 radical (unpaired) electrons.